The standard InChI is InChI=1S/C13H26N2O4S/c1-10(2)11-6-4-5-7-12(11)14-20(18,19)15(3)9-8-13(16)17/h10-12,14H,4-9H2,1-3H3,(H,16,17). The van der Waals surface area contributed by atoms with Crippen molar-refractivity contribution in [2.45, 2.75) is 52.0 Å². The molecule has 7 heteroatoms. The smallest absolute Gasteiger partial charge is 0.304 e. The maximum absolute atomic E-state index is 12.2. The van der Waals surface area contributed by atoms with E-state index in [2.05, 4.69) is 18.6 Å². The van der Waals surface area contributed by atoms with Crippen LogP contribution in [0.5, 0.6) is 0 Å². The summed E-state index contributed by atoms with van der Waals surface area (Å²) in [5.41, 5.74) is 0. The molecule has 0 spiro atoms. The molecule has 0 amide bonds. The van der Waals surface area contributed by atoms with E-state index >= 15 is 0 Å². The van der Waals surface area contributed by atoms with Gasteiger partial charge in [-0.15, -0.1) is 0 Å². The van der Waals surface area contributed by atoms with Gasteiger partial charge in [-0.2, -0.15) is 17.4 Å². The number of nitrogens with one attached hydrogen (secondary N) is 1. The molecule has 6 nitrogen and oxygen atoms in total. The van der Waals surface area contributed by atoms with Crippen LogP contribution in [0.4, 0.5) is 0 Å². The summed E-state index contributed by atoms with van der Waals surface area (Å²) in [6.45, 7) is 4.22. The molecule has 2 N–H and O–H groups in total. The van der Waals surface area contributed by atoms with Gasteiger partial charge >= 0.3 is 5.97 Å². The van der Waals surface area contributed by atoms with Crippen molar-refractivity contribution in [3.63, 3.8) is 0 Å². The molecule has 0 aromatic heterocycles. The first-order valence-corrected chi connectivity index (χ1v) is 8.63. The van der Waals surface area contributed by atoms with Gasteiger partial charge in [-0.05, 0) is 24.7 Å². The summed E-state index contributed by atoms with van der Waals surface area (Å²) in [4.78, 5) is 10.5. The van der Waals surface area contributed by atoms with Crippen molar-refractivity contribution in [3.05, 3.63) is 0 Å². The lowest BCUT2D eigenvalue weighted by molar-refractivity contribution is -0.137. The Kier molecular flexibility index (Phi) is 6.42. The van der Waals surface area contributed by atoms with E-state index < -0.39 is 16.2 Å². The zero-order chi connectivity index (χ0) is 15.3. The summed E-state index contributed by atoms with van der Waals surface area (Å²) in [7, 11) is -2.19. The quantitative estimate of drug-likeness (QED) is 0.745. The van der Waals surface area contributed by atoms with E-state index in [1.54, 1.807) is 0 Å². The molecule has 0 saturated heterocycles. The van der Waals surface area contributed by atoms with Crippen LogP contribution in [0, 0.1) is 11.8 Å². The molecule has 1 aliphatic rings. The molecule has 20 heavy (non-hydrogen) atoms. The van der Waals surface area contributed by atoms with Crippen LogP contribution in [-0.2, 0) is 15.0 Å². The minimum absolute atomic E-state index is 0.0102. The second-order valence-corrected chi connectivity index (χ2v) is 7.70. The zero-order valence-corrected chi connectivity index (χ0v) is 13.3. The van der Waals surface area contributed by atoms with Gasteiger partial charge in [0.15, 0.2) is 0 Å². The van der Waals surface area contributed by atoms with Crippen molar-refractivity contribution in [1.82, 2.24) is 9.03 Å². The molecule has 2 atom stereocenters. The monoisotopic (exact) mass is 306 g/mol. The highest BCUT2D eigenvalue weighted by Crippen LogP contribution is 2.30. The van der Waals surface area contributed by atoms with Crippen molar-refractivity contribution < 1.29 is 18.3 Å². The first kappa shape index (κ1) is 17.4. The molecule has 1 aliphatic carbocycles. The number of carboxylic acids is 1. The fourth-order valence-corrected chi connectivity index (χ4v) is 3.95. The van der Waals surface area contributed by atoms with Gasteiger partial charge < -0.3 is 5.11 Å². The summed E-state index contributed by atoms with van der Waals surface area (Å²) < 4.78 is 28.2. The van der Waals surface area contributed by atoms with E-state index in [9.17, 15) is 13.2 Å². The molecule has 1 fully saturated rings. The van der Waals surface area contributed by atoms with Gasteiger partial charge in [0, 0.05) is 19.6 Å². The zero-order valence-electron chi connectivity index (χ0n) is 12.5. The van der Waals surface area contributed by atoms with Gasteiger partial charge in [-0.3, -0.25) is 4.79 Å². The molecule has 0 bridgehead atoms. The minimum atomic E-state index is -3.60. The van der Waals surface area contributed by atoms with E-state index in [0.717, 1.165) is 30.0 Å². The number of hydrogen-bond donors (Lipinski definition) is 2. The molecular weight excluding hydrogens is 280 g/mol. The molecule has 1 rings (SSSR count). The van der Waals surface area contributed by atoms with Crippen LogP contribution in [0.25, 0.3) is 0 Å². The first-order valence-electron chi connectivity index (χ1n) is 7.19. The van der Waals surface area contributed by atoms with E-state index in [1.165, 1.54) is 7.05 Å². The lowest BCUT2D eigenvalue weighted by atomic mass is 9.78. The van der Waals surface area contributed by atoms with Crippen molar-refractivity contribution in [3.8, 4) is 0 Å². The van der Waals surface area contributed by atoms with Crippen molar-refractivity contribution in [2.75, 3.05) is 13.6 Å². The van der Waals surface area contributed by atoms with Crippen LogP contribution >= 0.6 is 0 Å². The fourth-order valence-electron chi connectivity index (χ4n) is 2.76. The van der Waals surface area contributed by atoms with Crippen molar-refractivity contribution in [1.29, 1.82) is 0 Å². The van der Waals surface area contributed by atoms with Crippen LogP contribution in [0.15, 0.2) is 0 Å². The molecule has 0 aromatic rings. The third-order valence-electron chi connectivity index (χ3n) is 4.03. The average molecular weight is 306 g/mol. The van der Waals surface area contributed by atoms with Crippen LogP contribution in [0.2, 0.25) is 0 Å². The van der Waals surface area contributed by atoms with Crippen molar-refractivity contribution in [2.24, 2.45) is 11.8 Å². The molecule has 0 radical (unpaired) electrons. The number of rotatable bonds is 7. The third-order valence-corrected chi connectivity index (χ3v) is 5.63. The van der Waals surface area contributed by atoms with Crippen LogP contribution in [0.3, 0.4) is 0 Å². The van der Waals surface area contributed by atoms with E-state index in [1.807, 2.05) is 0 Å². The average Bonchev–Trinajstić information content (AvgIpc) is 2.35. The van der Waals surface area contributed by atoms with E-state index in [4.69, 9.17) is 5.11 Å². The maximum Gasteiger partial charge on any atom is 0.304 e. The molecule has 2 unspecified atom stereocenters. The van der Waals surface area contributed by atoms with Crippen LogP contribution in [0.1, 0.15) is 46.0 Å². The lowest BCUT2D eigenvalue weighted by Gasteiger charge is -2.35. The second-order valence-electron chi connectivity index (χ2n) is 5.89. The number of carboxylic acid groups (broad SMARTS) is 1. The van der Waals surface area contributed by atoms with Gasteiger partial charge in [0.2, 0.25) is 0 Å². The topological polar surface area (TPSA) is 86.7 Å². The number of carbonyl (C=O) groups is 1. The Labute approximate surface area is 121 Å². The molecule has 0 heterocycles. The Hall–Kier alpha value is -0.660. The normalized spacial score (nSPS) is 24.2. The number of hydrogen-bond acceptors (Lipinski definition) is 3. The molecule has 0 aliphatic heterocycles. The highest BCUT2D eigenvalue weighted by Gasteiger charge is 2.32. The summed E-state index contributed by atoms with van der Waals surface area (Å²) in [6.07, 6.45) is 3.90. The Bertz CT molecular complexity index is 422. The lowest BCUT2D eigenvalue weighted by Crippen LogP contribution is -2.49. The number of aliphatic carboxylic acids is 1. The Balaban J connectivity index is 2.65. The summed E-state index contributed by atoms with van der Waals surface area (Å²) in [5, 5.41) is 8.62. The van der Waals surface area contributed by atoms with E-state index in [-0.39, 0.29) is 19.0 Å². The third kappa shape index (κ3) is 5.03. The van der Waals surface area contributed by atoms with Gasteiger partial charge in [-0.1, -0.05) is 26.7 Å². The van der Waals surface area contributed by atoms with Crippen molar-refractivity contribution >= 4 is 16.2 Å². The largest absolute Gasteiger partial charge is 0.481 e. The second kappa shape index (κ2) is 7.38. The molecule has 1 saturated carbocycles. The summed E-state index contributed by atoms with van der Waals surface area (Å²) in [5.74, 6) is -0.205. The van der Waals surface area contributed by atoms with Gasteiger partial charge in [0.25, 0.3) is 10.2 Å². The minimum Gasteiger partial charge on any atom is -0.481 e. The first-order chi connectivity index (χ1) is 9.24. The maximum atomic E-state index is 12.2. The Morgan fingerprint density at radius 1 is 1.35 bits per heavy atom. The summed E-state index contributed by atoms with van der Waals surface area (Å²) in [6, 6.07) is -0.0407. The highest BCUT2D eigenvalue weighted by molar-refractivity contribution is 7.87. The molecular formula is C13H26N2O4S. The Morgan fingerprint density at radius 2 is 1.95 bits per heavy atom. The van der Waals surface area contributed by atoms with Crippen LogP contribution in [-0.4, -0.2) is 43.4 Å². The van der Waals surface area contributed by atoms with Gasteiger partial charge in [-0.25, -0.2) is 0 Å². The SMILES string of the molecule is CC(C)C1CCCCC1NS(=O)(=O)N(C)CCC(=O)O. The van der Waals surface area contributed by atoms with E-state index in [0.29, 0.717) is 11.8 Å². The summed E-state index contributed by atoms with van der Waals surface area (Å²) >= 11 is 0. The van der Waals surface area contributed by atoms with Gasteiger partial charge in [0.05, 0.1) is 6.42 Å². The fraction of sp³-hybridized carbons (Fsp3) is 0.923. The van der Waals surface area contributed by atoms with Crippen LogP contribution < -0.4 is 4.72 Å². The molecule has 118 valence electrons. The predicted octanol–water partition coefficient (Wildman–Crippen LogP) is 1.44. The Morgan fingerprint density at radius 3 is 2.50 bits per heavy atom. The predicted molar refractivity (Wildman–Crippen MR) is 77.5 cm³/mol. The molecule has 0 aromatic carbocycles. The van der Waals surface area contributed by atoms with Gasteiger partial charge in [0.1, 0.15) is 0 Å². The highest BCUT2D eigenvalue weighted by atomic mass is 32.2. The number of nitrogens with zero attached hydrogens (tertiary/aromatic N) is 1.